The lowest BCUT2D eigenvalue weighted by Crippen LogP contribution is -2.27. The van der Waals surface area contributed by atoms with Crippen LogP contribution in [-0.4, -0.2) is 19.3 Å². The van der Waals surface area contributed by atoms with Crippen molar-refractivity contribution in [2.75, 3.05) is 18.5 Å². The van der Waals surface area contributed by atoms with E-state index in [1.807, 2.05) is 12.1 Å². The highest BCUT2D eigenvalue weighted by molar-refractivity contribution is 5.55. The third-order valence-electron chi connectivity index (χ3n) is 3.02. The molecule has 80 valence electrons. The highest BCUT2D eigenvalue weighted by Gasteiger charge is 2.18. The first-order valence-corrected chi connectivity index (χ1v) is 5.58. The highest BCUT2D eigenvalue weighted by atomic mass is 16.6. The maximum absolute atomic E-state index is 5.53. The zero-order valence-corrected chi connectivity index (χ0v) is 8.66. The first-order chi connectivity index (χ1) is 7.42. The van der Waals surface area contributed by atoms with Gasteiger partial charge >= 0.3 is 0 Å². The second kappa shape index (κ2) is 3.65. The van der Waals surface area contributed by atoms with Gasteiger partial charge in [0.15, 0.2) is 11.5 Å². The molecule has 1 saturated carbocycles. The highest BCUT2D eigenvalue weighted by Crippen LogP contribution is 2.33. The number of hydrogen-bond donors (Lipinski definition) is 1. The number of anilines is 1. The number of ether oxygens (including phenoxy) is 2. The van der Waals surface area contributed by atoms with E-state index in [2.05, 4.69) is 11.4 Å². The minimum Gasteiger partial charge on any atom is -0.486 e. The molecule has 0 radical (unpaired) electrons. The second-order valence-corrected chi connectivity index (χ2v) is 4.13. The Labute approximate surface area is 89.4 Å². The average Bonchev–Trinajstić information content (AvgIpc) is 2.23. The molecule has 0 aromatic heterocycles. The lowest BCUT2D eigenvalue weighted by atomic mass is 9.93. The van der Waals surface area contributed by atoms with E-state index < -0.39 is 0 Å². The monoisotopic (exact) mass is 205 g/mol. The average molecular weight is 205 g/mol. The molecule has 1 aromatic rings. The van der Waals surface area contributed by atoms with Gasteiger partial charge in [-0.15, -0.1) is 0 Å². The minimum atomic E-state index is 0.653. The molecule has 1 aliphatic heterocycles. The largest absolute Gasteiger partial charge is 0.486 e. The van der Waals surface area contributed by atoms with Crippen LogP contribution in [0.25, 0.3) is 0 Å². The van der Waals surface area contributed by atoms with Gasteiger partial charge in [0, 0.05) is 17.8 Å². The number of nitrogens with one attached hydrogen (secondary N) is 1. The summed E-state index contributed by atoms with van der Waals surface area (Å²) in [5, 5.41) is 3.49. The zero-order valence-electron chi connectivity index (χ0n) is 8.66. The van der Waals surface area contributed by atoms with Gasteiger partial charge in [0.2, 0.25) is 0 Å². The van der Waals surface area contributed by atoms with Crippen molar-refractivity contribution in [2.45, 2.75) is 25.3 Å². The van der Waals surface area contributed by atoms with Crippen LogP contribution in [0.2, 0.25) is 0 Å². The van der Waals surface area contributed by atoms with Gasteiger partial charge in [-0.05, 0) is 31.4 Å². The van der Waals surface area contributed by atoms with Crippen LogP contribution >= 0.6 is 0 Å². The predicted molar refractivity (Wildman–Crippen MR) is 58.7 cm³/mol. The predicted octanol–water partition coefficient (Wildman–Crippen LogP) is 2.42. The molecule has 3 nitrogen and oxygen atoms in total. The summed E-state index contributed by atoms with van der Waals surface area (Å²) in [6.07, 6.45) is 3.92. The summed E-state index contributed by atoms with van der Waals surface area (Å²) >= 11 is 0. The van der Waals surface area contributed by atoms with E-state index in [1.165, 1.54) is 19.3 Å². The van der Waals surface area contributed by atoms with Gasteiger partial charge in [-0.1, -0.05) is 0 Å². The van der Waals surface area contributed by atoms with E-state index in [-0.39, 0.29) is 0 Å². The van der Waals surface area contributed by atoms with Crippen LogP contribution in [0.1, 0.15) is 19.3 Å². The first-order valence-electron chi connectivity index (χ1n) is 5.58. The van der Waals surface area contributed by atoms with Gasteiger partial charge < -0.3 is 14.8 Å². The molecule has 1 N–H and O–H groups in total. The molecular weight excluding hydrogens is 190 g/mol. The summed E-state index contributed by atoms with van der Waals surface area (Å²) in [5.74, 6) is 1.73. The lowest BCUT2D eigenvalue weighted by molar-refractivity contribution is 0.171. The molecule has 2 aliphatic rings. The fourth-order valence-electron chi connectivity index (χ4n) is 1.92. The quantitative estimate of drug-likeness (QED) is 0.804. The van der Waals surface area contributed by atoms with Crippen molar-refractivity contribution < 1.29 is 9.47 Å². The van der Waals surface area contributed by atoms with Gasteiger partial charge in [0.1, 0.15) is 13.2 Å². The van der Waals surface area contributed by atoms with Crippen LogP contribution < -0.4 is 14.8 Å². The smallest absolute Gasteiger partial charge is 0.163 e. The summed E-state index contributed by atoms with van der Waals surface area (Å²) in [4.78, 5) is 0. The maximum atomic E-state index is 5.53. The van der Waals surface area contributed by atoms with Crippen LogP contribution in [-0.2, 0) is 0 Å². The number of hydrogen-bond acceptors (Lipinski definition) is 3. The maximum Gasteiger partial charge on any atom is 0.163 e. The summed E-state index contributed by atoms with van der Waals surface area (Å²) < 4.78 is 11.0. The molecule has 3 rings (SSSR count). The molecule has 0 atom stereocenters. The van der Waals surface area contributed by atoms with Crippen molar-refractivity contribution in [3.8, 4) is 11.5 Å². The van der Waals surface area contributed by atoms with Crippen LogP contribution in [0.4, 0.5) is 5.69 Å². The van der Waals surface area contributed by atoms with Gasteiger partial charge in [-0.25, -0.2) is 0 Å². The molecule has 0 bridgehead atoms. The van der Waals surface area contributed by atoms with Gasteiger partial charge in [0.25, 0.3) is 0 Å². The Balaban J connectivity index is 1.77. The van der Waals surface area contributed by atoms with E-state index in [0.717, 1.165) is 17.2 Å². The Morgan fingerprint density at radius 3 is 2.60 bits per heavy atom. The normalized spacial score (nSPS) is 19.5. The van der Waals surface area contributed by atoms with E-state index in [4.69, 9.17) is 9.47 Å². The van der Waals surface area contributed by atoms with Crippen molar-refractivity contribution in [1.29, 1.82) is 0 Å². The van der Waals surface area contributed by atoms with Gasteiger partial charge in [-0.2, -0.15) is 0 Å². The van der Waals surface area contributed by atoms with Crippen LogP contribution in [0.5, 0.6) is 11.5 Å². The number of benzene rings is 1. The van der Waals surface area contributed by atoms with Gasteiger partial charge in [0.05, 0.1) is 0 Å². The second-order valence-electron chi connectivity index (χ2n) is 4.13. The third kappa shape index (κ3) is 1.74. The van der Waals surface area contributed by atoms with E-state index in [1.54, 1.807) is 0 Å². The Hall–Kier alpha value is -1.38. The molecule has 1 fully saturated rings. The topological polar surface area (TPSA) is 30.5 Å². The first kappa shape index (κ1) is 8.89. The Kier molecular flexibility index (Phi) is 2.16. The fraction of sp³-hybridized carbons (Fsp3) is 0.500. The summed E-state index contributed by atoms with van der Waals surface area (Å²) in [6.45, 7) is 1.31. The molecule has 3 heteroatoms. The molecule has 1 aliphatic carbocycles. The van der Waals surface area contributed by atoms with E-state index >= 15 is 0 Å². The molecular formula is C12H15NO2. The summed E-state index contributed by atoms with van der Waals surface area (Å²) in [7, 11) is 0. The van der Waals surface area contributed by atoms with E-state index in [0.29, 0.717) is 19.3 Å². The molecule has 15 heavy (non-hydrogen) atoms. The van der Waals surface area contributed by atoms with Crippen molar-refractivity contribution in [3.63, 3.8) is 0 Å². The summed E-state index contributed by atoms with van der Waals surface area (Å²) in [6, 6.07) is 6.74. The van der Waals surface area contributed by atoms with E-state index in [9.17, 15) is 0 Å². The lowest BCUT2D eigenvalue weighted by Gasteiger charge is -2.28. The zero-order chi connectivity index (χ0) is 10.1. The van der Waals surface area contributed by atoms with Crippen molar-refractivity contribution >= 4 is 5.69 Å². The van der Waals surface area contributed by atoms with Crippen LogP contribution in [0.15, 0.2) is 18.2 Å². The van der Waals surface area contributed by atoms with Crippen molar-refractivity contribution in [2.24, 2.45) is 0 Å². The number of rotatable bonds is 2. The molecule has 1 heterocycles. The molecule has 1 aromatic carbocycles. The molecule has 0 saturated heterocycles. The SMILES string of the molecule is c1cc2c(cc1NC1CCC1)OCCO2. The minimum absolute atomic E-state index is 0.653. The van der Waals surface area contributed by atoms with Crippen molar-refractivity contribution in [3.05, 3.63) is 18.2 Å². The Bertz CT molecular complexity index is 361. The summed E-state index contributed by atoms with van der Waals surface area (Å²) in [5.41, 5.74) is 1.14. The molecule has 0 unspecified atom stereocenters. The Morgan fingerprint density at radius 1 is 1.07 bits per heavy atom. The molecule has 0 spiro atoms. The fourth-order valence-corrected chi connectivity index (χ4v) is 1.92. The Morgan fingerprint density at radius 2 is 1.87 bits per heavy atom. The standard InChI is InChI=1S/C12H15NO2/c1-2-9(3-1)13-10-4-5-11-12(8-10)15-7-6-14-11/h4-5,8-9,13H,1-3,6-7H2. The van der Waals surface area contributed by atoms with Crippen molar-refractivity contribution in [1.82, 2.24) is 0 Å². The van der Waals surface area contributed by atoms with Crippen LogP contribution in [0, 0.1) is 0 Å². The third-order valence-corrected chi connectivity index (χ3v) is 3.02. The number of fused-ring (bicyclic) bond motifs is 1. The van der Waals surface area contributed by atoms with Gasteiger partial charge in [-0.3, -0.25) is 0 Å². The van der Waals surface area contributed by atoms with Crippen LogP contribution in [0.3, 0.4) is 0 Å². The molecule has 0 amide bonds.